The normalized spacial score (nSPS) is 16.6. The number of aromatic carboxylic acids is 1. The summed E-state index contributed by atoms with van der Waals surface area (Å²) in [6, 6.07) is 1.36. The first kappa shape index (κ1) is 12.1. The molecule has 1 aromatic heterocycles. The Morgan fingerprint density at radius 3 is 2.76 bits per heavy atom. The predicted molar refractivity (Wildman–Crippen MR) is 63.4 cm³/mol. The molecule has 0 radical (unpaired) electrons. The third kappa shape index (κ3) is 2.68. The highest BCUT2D eigenvalue weighted by atomic mass is 35.5. The Morgan fingerprint density at radius 1 is 1.59 bits per heavy atom. The highest BCUT2D eigenvalue weighted by Crippen LogP contribution is 2.45. The Labute approximate surface area is 103 Å². The molecule has 2 rings (SSSR count). The summed E-state index contributed by atoms with van der Waals surface area (Å²) in [5, 5.41) is 21.2. The monoisotopic (exact) mass is 256 g/mol. The van der Waals surface area contributed by atoms with Gasteiger partial charge in [0.25, 0.3) is 0 Å². The van der Waals surface area contributed by atoms with Gasteiger partial charge in [0.1, 0.15) is 5.82 Å². The smallest absolute Gasteiger partial charge is 0.337 e. The zero-order valence-corrected chi connectivity index (χ0v) is 9.87. The van der Waals surface area contributed by atoms with Crippen LogP contribution in [0, 0.1) is 5.41 Å². The summed E-state index contributed by atoms with van der Waals surface area (Å²) in [6.45, 7) is 0.744. The zero-order valence-electron chi connectivity index (χ0n) is 9.11. The second kappa shape index (κ2) is 4.50. The summed E-state index contributed by atoms with van der Waals surface area (Å²) in [5.74, 6) is -0.601. The standard InChI is InChI=1S/C11H13ClN2O3/c12-8-3-7(10(16)17)4-13-9(8)14-5-11(6-15)1-2-11/h3-4,15H,1-2,5-6H2,(H,13,14)(H,16,17). The molecular weight excluding hydrogens is 244 g/mol. The van der Waals surface area contributed by atoms with Gasteiger partial charge in [-0.2, -0.15) is 0 Å². The van der Waals surface area contributed by atoms with Crippen LogP contribution in [0.5, 0.6) is 0 Å². The average Bonchev–Trinajstić information content (AvgIpc) is 3.08. The number of hydrogen-bond acceptors (Lipinski definition) is 4. The number of pyridine rings is 1. The molecule has 6 heteroatoms. The minimum Gasteiger partial charge on any atom is -0.478 e. The van der Waals surface area contributed by atoms with E-state index in [-0.39, 0.29) is 22.6 Å². The van der Waals surface area contributed by atoms with Crippen molar-refractivity contribution in [2.75, 3.05) is 18.5 Å². The Bertz CT molecular complexity index is 446. The number of halogens is 1. The van der Waals surface area contributed by atoms with Gasteiger partial charge in [0.15, 0.2) is 0 Å². The van der Waals surface area contributed by atoms with Crippen LogP contribution in [0.15, 0.2) is 12.3 Å². The van der Waals surface area contributed by atoms with Gasteiger partial charge in [-0.25, -0.2) is 9.78 Å². The third-order valence-corrected chi connectivity index (χ3v) is 3.30. The highest BCUT2D eigenvalue weighted by Gasteiger charge is 2.41. The van der Waals surface area contributed by atoms with Crippen molar-refractivity contribution in [2.24, 2.45) is 5.41 Å². The third-order valence-electron chi connectivity index (χ3n) is 3.01. The lowest BCUT2D eigenvalue weighted by atomic mass is 10.1. The fourth-order valence-corrected chi connectivity index (χ4v) is 1.76. The summed E-state index contributed by atoms with van der Waals surface area (Å²) in [7, 11) is 0. The predicted octanol–water partition coefficient (Wildman–Crippen LogP) is 1.62. The maximum Gasteiger partial charge on any atom is 0.337 e. The van der Waals surface area contributed by atoms with Gasteiger partial charge in [-0.05, 0) is 18.9 Å². The fourth-order valence-electron chi connectivity index (χ4n) is 1.52. The van der Waals surface area contributed by atoms with Crippen molar-refractivity contribution in [3.05, 3.63) is 22.8 Å². The number of aromatic nitrogens is 1. The summed E-state index contributed by atoms with van der Waals surface area (Å²) in [5.41, 5.74) is 0.0140. The van der Waals surface area contributed by atoms with Crippen LogP contribution in [0.2, 0.25) is 5.02 Å². The topological polar surface area (TPSA) is 82.5 Å². The van der Waals surface area contributed by atoms with Gasteiger partial charge in [0, 0.05) is 18.2 Å². The van der Waals surface area contributed by atoms with E-state index in [1.807, 2.05) is 0 Å². The van der Waals surface area contributed by atoms with Gasteiger partial charge < -0.3 is 15.5 Å². The quantitative estimate of drug-likeness (QED) is 0.746. The van der Waals surface area contributed by atoms with Gasteiger partial charge in [0.05, 0.1) is 17.2 Å². The van der Waals surface area contributed by atoms with Gasteiger partial charge >= 0.3 is 5.97 Å². The molecule has 0 spiro atoms. The number of carbonyl (C=O) groups is 1. The van der Waals surface area contributed by atoms with Crippen molar-refractivity contribution in [1.29, 1.82) is 0 Å². The molecule has 5 nitrogen and oxygen atoms in total. The number of nitrogens with zero attached hydrogens (tertiary/aromatic N) is 1. The molecule has 1 fully saturated rings. The molecule has 1 aliphatic rings. The van der Waals surface area contributed by atoms with Crippen LogP contribution in [0.4, 0.5) is 5.82 Å². The van der Waals surface area contributed by atoms with E-state index in [0.717, 1.165) is 12.8 Å². The van der Waals surface area contributed by atoms with E-state index >= 15 is 0 Å². The van der Waals surface area contributed by atoms with Crippen LogP contribution in [0.25, 0.3) is 0 Å². The lowest BCUT2D eigenvalue weighted by molar-refractivity contribution is 0.0696. The summed E-state index contributed by atoms with van der Waals surface area (Å²) >= 11 is 5.92. The van der Waals surface area contributed by atoms with Crippen LogP contribution in [0.3, 0.4) is 0 Å². The van der Waals surface area contributed by atoms with Crippen molar-refractivity contribution in [3.63, 3.8) is 0 Å². The molecule has 0 bridgehead atoms. The Morgan fingerprint density at radius 2 is 2.29 bits per heavy atom. The number of hydrogen-bond donors (Lipinski definition) is 3. The average molecular weight is 257 g/mol. The number of anilines is 1. The first-order chi connectivity index (χ1) is 8.06. The maximum absolute atomic E-state index is 10.7. The lowest BCUT2D eigenvalue weighted by Crippen LogP contribution is -2.19. The largest absolute Gasteiger partial charge is 0.478 e. The minimum atomic E-state index is -1.06. The minimum absolute atomic E-state index is 0.0452. The fraction of sp³-hybridized carbons (Fsp3) is 0.455. The van der Waals surface area contributed by atoms with E-state index in [4.69, 9.17) is 21.8 Å². The van der Waals surface area contributed by atoms with Crippen molar-refractivity contribution in [1.82, 2.24) is 4.98 Å². The first-order valence-corrected chi connectivity index (χ1v) is 5.68. The molecule has 0 amide bonds. The molecule has 1 heterocycles. The van der Waals surface area contributed by atoms with Crippen molar-refractivity contribution in [3.8, 4) is 0 Å². The zero-order chi connectivity index (χ0) is 12.5. The van der Waals surface area contributed by atoms with E-state index in [1.165, 1.54) is 12.3 Å². The van der Waals surface area contributed by atoms with Crippen LogP contribution in [0.1, 0.15) is 23.2 Å². The number of rotatable bonds is 5. The molecule has 92 valence electrons. The van der Waals surface area contributed by atoms with Crippen LogP contribution in [-0.2, 0) is 0 Å². The number of aliphatic hydroxyl groups excluding tert-OH is 1. The molecule has 3 N–H and O–H groups in total. The molecule has 17 heavy (non-hydrogen) atoms. The lowest BCUT2D eigenvalue weighted by Gasteiger charge is -2.14. The number of nitrogens with one attached hydrogen (secondary N) is 1. The molecule has 0 unspecified atom stereocenters. The SMILES string of the molecule is O=C(O)c1cnc(NCC2(CO)CC2)c(Cl)c1. The maximum atomic E-state index is 10.7. The molecule has 1 aliphatic carbocycles. The van der Waals surface area contributed by atoms with E-state index in [9.17, 15) is 4.79 Å². The Hall–Kier alpha value is -1.33. The van der Waals surface area contributed by atoms with Gasteiger partial charge in [0.2, 0.25) is 0 Å². The summed E-state index contributed by atoms with van der Waals surface area (Å²) < 4.78 is 0. The van der Waals surface area contributed by atoms with E-state index in [2.05, 4.69) is 10.3 Å². The molecular formula is C11H13ClN2O3. The Kier molecular flexibility index (Phi) is 3.22. The molecule has 1 aromatic rings. The molecule has 0 aromatic carbocycles. The van der Waals surface area contributed by atoms with Crippen LogP contribution >= 0.6 is 11.6 Å². The van der Waals surface area contributed by atoms with Crippen molar-refractivity contribution >= 4 is 23.4 Å². The number of carboxylic acid groups (broad SMARTS) is 1. The summed E-state index contributed by atoms with van der Waals surface area (Å²) in [6.07, 6.45) is 3.23. The second-order valence-electron chi connectivity index (χ2n) is 4.37. The number of carboxylic acids is 1. The second-order valence-corrected chi connectivity index (χ2v) is 4.78. The van der Waals surface area contributed by atoms with Crippen LogP contribution < -0.4 is 5.32 Å². The molecule has 0 saturated heterocycles. The van der Waals surface area contributed by atoms with Crippen molar-refractivity contribution < 1.29 is 15.0 Å². The van der Waals surface area contributed by atoms with Gasteiger partial charge in [-0.15, -0.1) is 0 Å². The van der Waals surface area contributed by atoms with E-state index < -0.39 is 5.97 Å². The van der Waals surface area contributed by atoms with Crippen LogP contribution in [-0.4, -0.2) is 34.3 Å². The summed E-state index contributed by atoms with van der Waals surface area (Å²) in [4.78, 5) is 14.6. The Balaban J connectivity index is 2.04. The number of aliphatic hydroxyl groups is 1. The molecule has 0 aliphatic heterocycles. The van der Waals surface area contributed by atoms with Crippen molar-refractivity contribution in [2.45, 2.75) is 12.8 Å². The molecule has 1 saturated carbocycles. The highest BCUT2D eigenvalue weighted by molar-refractivity contribution is 6.33. The van der Waals surface area contributed by atoms with Gasteiger partial charge in [-0.3, -0.25) is 0 Å². The first-order valence-electron chi connectivity index (χ1n) is 5.30. The van der Waals surface area contributed by atoms with E-state index in [0.29, 0.717) is 12.4 Å². The van der Waals surface area contributed by atoms with Gasteiger partial charge in [-0.1, -0.05) is 11.6 Å². The molecule has 0 atom stereocenters. The van der Waals surface area contributed by atoms with E-state index in [1.54, 1.807) is 0 Å².